The van der Waals surface area contributed by atoms with Gasteiger partial charge < -0.3 is 0 Å². The Morgan fingerprint density at radius 1 is 0.966 bits per heavy atom. The minimum atomic E-state index is -4.41. The van der Waals surface area contributed by atoms with Crippen LogP contribution in [0.5, 0.6) is 0 Å². The second-order valence-electron chi connectivity index (χ2n) is 7.75. The molecule has 0 aromatic carbocycles. The van der Waals surface area contributed by atoms with Crippen molar-refractivity contribution in [3.8, 4) is 0 Å². The molecular formula is C20H21F3N6. The Balaban J connectivity index is 1.71. The van der Waals surface area contributed by atoms with Gasteiger partial charge >= 0.3 is 6.18 Å². The number of aryl methyl sites for hydroxylation is 1. The second kappa shape index (κ2) is 6.82. The summed E-state index contributed by atoms with van der Waals surface area (Å²) in [5.74, 6) is 1.66. The Kier molecular flexibility index (Phi) is 4.55. The quantitative estimate of drug-likeness (QED) is 0.502. The van der Waals surface area contributed by atoms with Crippen LogP contribution in [0.15, 0.2) is 30.6 Å². The number of pyridine rings is 2. The highest BCUT2D eigenvalue weighted by Crippen LogP contribution is 2.30. The maximum absolute atomic E-state index is 12.9. The van der Waals surface area contributed by atoms with E-state index in [0.717, 1.165) is 34.7 Å². The summed E-state index contributed by atoms with van der Waals surface area (Å²) in [6.45, 7) is 8.13. The average Bonchev–Trinajstić information content (AvgIpc) is 3.24. The van der Waals surface area contributed by atoms with Crippen molar-refractivity contribution in [1.29, 1.82) is 0 Å². The van der Waals surface area contributed by atoms with Crippen LogP contribution in [-0.2, 0) is 12.6 Å². The smallest absolute Gasteiger partial charge is 0.286 e. The van der Waals surface area contributed by atoms with Crippen molar-refractivity contribution in [1.82, 2.24) is 29.2 Å². The topological polar surface area (TPSA) is 60.4 Å². The summed E-state index contributed by atoms with van der Waals surface area (Å²) in [7, 11) is 0. The molecule has 9 heteroatoms. The summed E-state index contributed by atoms with van der Waals surface area (Å²) in [4.78, 5) is 0. The number of halogens is 3. The molecule has 0 spiro atoms. The molecule has 29 heavy (non-hydrogen) atoms. The van der Waals surface area contributed by atoms with E-state index in [1.165, 1.54) is 6.20 Å². The molecule has 0 bridgehead atoms. The molecule has 0 fully saturated rings. The molecule has 152 valence electrons. The number of hydrogen-bond acceptors (Lipinski definition) is 4. The summed E-state index contributed by atoms with van der Waals surface area (Å²) in [6, 6.07) is 4.13. The van der Waals surface area contributed by atoms with Gasteiger partial charge in [-0.05, 0) is 36.6 Å². The highest BCUT2D eigenvalue weighted by atomic mass is 19.4. The maximum Gasteiger partial charge on any atom is 0.416 e. The molecule has 4 heterocycles. The van der Waals surface area contributed by atoms with Crippen molar-refractivity contribution in [2.45, 2.75) is 52.1 Å². The van der Waals surface area contributed by atoms with Crippen LogP contribution in [0.2, 0.25) is 0 Å². The first kappa shape index (κ1) is 19.4. The minimum absolute atomic E-state index is 0.0773. The Bertz CT molecular complexity index is 1190. The van der Waals surface area contributed by atoms with Crippen molar-refractivity contribution in [3.63, 3.8) is 0 Å². The molecule has 4 aromatic heterocycles. The molecule has 0 radical (unpaired) electrons. The van der Waals surface area contributed by atoms with Crippen LogP contribution in [0.1, 0.15) is 60.9 Å². The third-order valence-corrected chi connectivity index (χ3v) is 4.99. The van der Waals surface area contributed by atoms with Crippen LogP contribution in [0.25, 0.3) is 11.3 Å². The third kappa shape index (κ3) is 3.45. The predicted molar refractivity (Wildman–Crippen MR) is 102 cm³/mol. The Morgan fingerprint density at radius 2 is 1.69 bits per heavy atom. The largest absolute Gasteiger partial charge is 0.416 e. The highest BCUT2D eigenvalue weighted by Gasteiger charge is 2.31. The van der Waals surface area contributed by atoms with E-state index < -0.39 is 11.7 Å². The second-order valence-corrected chi connectivity index (χ2v) is 7.75. The molecule has 6 nitrogen and oxygen atoms in total. The monoisotopic (exact) mass is 402 g/mol. The van der Waals surface area contributed by atoms with Crippen LogP contribution in [0, 0.1) is 6.92 Å². The molecule has 0 saturated carbocycles. The fraction of sp³-hybridized carbons (Fsp3) is 0.400. The number of aromatic nitrogens is 6. The van der Waals surface area contributed by atoms with Gasteiger partial charge in [-0.3, -0.25) is 8.80 Å². The van der Waals surface area contributed by atoms with Gasteiger partial charge in [0.15, 0.2) is 11.3 Å². The number of hydrogen-bond donors (Lipinski definition) is 0. The van der Waals surface area contributed by atoms with Crippen LogP contribution in [-0.4, -0.2) is 29.2 Å². The van der Waals surface area contributed by atoms with E-state index in [0.29, 0.717) is 12.2 Å². The van der Waals surface area contributed by atoms with E-state index in [2.05, 4.69) is 40.3 Å². The van der Waals surface area contributed by atoms with E-state index in [4.69, 9.17) is 0 Å². The number of fused-ring (bicyclic) bond motifs is 2. The van der Waals surface area contributed by atoms with Gasteiger partial charge in [-0.15, -0.1) is 20.4 Å². The summed E-state index contributed by atoms with van der Waals surface area (Å²) in [5.41, 5.74) is 2.34. The Labute approximate surface area is 165 Å². The molecule has 4 rings (SSSR count). The summed E-state index contributed by atoms with van der Waals surface area (Å²) >= 11 is 0. The van der Waals surface area contributed by atoms with E-state index in [-0.39, 0.29) is 17.5 Å². The number of alkyl halides is 3. The number of rotatable bonds is 4. The third-order valence-electron chi connectivity index (χ3n) is 4.99. The lowest BCUT2D eigenvalue weighted by Gasteiger charge is -2.13. The highest BCUT2D eigenvalue weighted by molar-refractivity contribution is 5.50. The summed E-state index contributed by atoms with van der Waals surface area (Å²) < 4.78 is 42.4. The first-order valence-corrected chi connectivity index (χ1v) is 9.41. The SMILES string of the molecule is Cc1cc(CC(C)c2nnc3cc(C(F)(F)F)ccn23)c2nnc(C(C)C)n2c1. The van der Waals surface area contributed by atoms with Crippen molar-refractivity contribution < 1.29 is 13.2 Å². The van der Waals surface area contributed by atoms with Crippen molar-refractivity contribution >= 4 is 11.3 Å². The fourth-order valence-electron chi connectivity index (χ4n) is 3.62. The Hall–Kier alpha value is -2.97. The fourth-order valence-corrected chi connectivity index (χ4v) is 3.62. The zero-order valence-corrected chi connectivity index (χ0v) is 16.6. The van der Waals surface area contributed by atoms with Crippen LogP contribution < -0.4 is 0 Å². The molecular weight excluding hydrogens is 381 g/mol. The van der Waals surface area contributed by atoms with E-state index in [9.17, 15) is 13.2 Å². The van der Waals surface area contributed by atoms with Gasteiger partial charge in [0, 0.05) is 24.2 Å². The predicted octanol–water partition coefficient (Wildman–Crippen LogP) is 4.57. The molecule has 0 N–H and O–H groups in total. The van der Waals surface area contributed by atoms with Gasteiger partial charge in [0.05, 0.1) is 5.56 Å². The standard InChI is InChI=1S/C20H21F3N6/c1-11(2)17-25-27-19-14(7-12(3)10-29(17)19)8-13(4)18-26-24-16-9-15(20(21,22)23)5-6-28(16)18/h5-7,9-11,13H,8H2,1-4H3. The van der Waals surface area contributed by atoms with Gasteiger partial charge in [-0.25, -0.2) is 0 Å². The van der Waals surface area contributed by atoms with Crippen molar-refractivity contribution in [2.75, 3.05) is 0 Å². The first-order valence-electron chi connectivity index (χ1n) is 9.41. The van der Waals surface area contributed by atoms with Crippen molar-refractivity contribution in [3.05, 3.63) is 58.9 Å². The van der Waals surface area contributed by atoms with E-state index in [1.807, 2.05) is 24.4 Å². The van der Waals surface area contributed by atoms with Crippen LogP contribution >= 0.6 is 0 Å². The van der Waals surface area contributed by atoms with Gasteiger partial charge in [0.25, 0.3) is 0 Å². The summed E-state index contributed by atoms with van der Waals surface area (Å²) in [6.07, 6.45) is -0.397. The lowest BCUT2D eigenvalue weighted by Crippen LogP contribution is -2.08. The molecule has 4 aromatic rings. The first-order chi connectivity index (χ1) is 13.6. The zero-order valence-electron chi connectivity index (χ0n) is 16.6. The van der Waals surface area contributed by atoms with Gasteiger partial charge in [0.2, 0.25) is 0 Å². The molecule has 0 aliphatic carbocycles. The lowest BCUT2D eigenvalue weighted by atomic mass is 10.00. The van der Waals surface area contributed by atoms with Gasteiger partial charge in [-0.1, -0.05) is 26.8 Å². The van der Waals surface area contributed by atoms with Crippen LogP contribution in [0.3, 0.4) is 0 Å². The Morgan fingerprint density at radius 3 is 2.38 bits per heavy atom. The lowest BCUT2D eigenvalue weighted by molar-refractivity contribution is -0.137. The minimum Gasteiger partial charge on any atom is -0.286 e. The maximum atomic E-state index is 12.9. The summed E-state index contributed by atoms with van der Waals surface area (Å²) in [5, 5.41) is 16.8. The molecule has 0 aliphatic heterocycles. The number of nitrogens with zero attached hydrogens (tertiary/aromatic N) is 6. The van der Waals surface area contributed by atoms with Crippen LogP contribution in [0.4, 0.5) is 13.2 Å². The molecule has 1 atom stereocenters. The van der Waals surface area contributed by atoms with Gasteiger partial charge in [0.1, 0.15) is 11.6 Å². The molecule has 0 aliphatic rings. The average molecular weight is 402 g/mol. The van der Waals surface area contributed by atoms with E-state index >= 15 is 0 Å². The normalized spacial score (nSPS) is 13.7. The van der Waals surface area contributed by atoms with Gasteiger partial charge in [-0.2, -0.15) is 13.2 Å². The molecule has 1 unspecified atom stereocenters. The van der Waals surface area contributed by atoms with E-state index in [1.54, 1.807) is 4.40 Å². The van der Waals surface area contributed by atoms with Crippen molar-refractivity contribution in [2.24, 2.45) is 0 Å². The molecule has 0 saturated heterocycles. The molecule has 0 amide bonds. The zero-order chi connectivity index (χ0) is 20.9.